The third kappa shape index (κ3) is 5.08. The van der Waals surface area contributed by atoms with Crippen molar-refractivity contribution in [2.24, 2.45) is 11.7 Å². The van der Waals surface area contributed by atoms with Crippen LogP contribution in [0.2, 0.25) is 5.02 Å². The van der Waals surface area contributed by atoms with Gasteiger partial charge in [-0.3, -0.25) is 4.79 Å². The summed E-state index contributed by atoms with van der Waals surface area (Å²) in [5.74, 6) is -0.00474. The number of carbonyl (C=O) groups is 1. The second-order valence-electron chi connectivity index (χ2n) is 6.10. The molecule has 1 aromatic carbocycles. The zero-order valence-electron chi connectivity index (χ0n) is 14.4. The Morgan fingerprint density at radius 1 is 1.28 bits per heavy atom. The molecule has 1 aliphatic rings. The van der Waals surface area contributed by atoms with Crippen LogP contribution in [0.25, 0.3) is 0 Å². The molecule has 0 spiro atoms. The lowest BCUT2D eigenvalue weighted by Gasteiger charge is -2.36. The molecule has 1 fully saturated rings. The summed E-state index contributed by atoms with van der Waals surface area (Å²) in [6, 6.07) is 5.67. The SMILES string of the molecule is CCC(C)C(N)C(=O)N1CCN(S(=O)(=O)c2cccc(Cl)c2)CC1.Cl. The van der Waals surface area contributed by atoms with Gasteiger partial charge in [0.2, 0.25) is 15.9 Å². The average molecular weight is 410 g/mol. The minimum Gasteiger partial charge on any atom is -0.339 e. The number of nitrogens with zero attached hydrogens (tertiary/aromatic N) is 2. The van der Waals surface area contributed by atoms with Gasteiger partial charge in [0.05, 0.1) is 10.9 Å². The van der Waals surface area contributed by atoms with E-state index in [9.17, 15) is 13.2 Å². The van der Waals surface area contributed by atoms with Gasteiger partial charge in [0.25, 0.3) is 0 Å². The van der Waals surface area contributed by atoms with Gasteiger partial charge in [-0.2, -0.15) is 4.31 Å². The lowest BCUT2D eigenvalue weighted by Crippen LogP contribution is -2.55. The number of sulfonamides is 1. The number of piperazine rings is 1. The summed E-state index contributed by atoms with van der Waals surface area (Å²) in [7, 11) is -3.60. The molecule has 0 saturated carbocycles. The first-order valence-corrected chi connectivity index (χ1v) is 9.89. The minimum atomic E-state index is -3.60. The fourth-order valence-corrected chi connectivity index (χ4v) is 4.36. The summed E-state index contributed by atoms with van der Waals surface area (Å²) < 4.78 is 26.7. The normalized spacial score (nSPS) is 18.3. The Hall–Kier alpha value is -0.860. The first-order valence-electron chi connectivity index (χ1n) is 8.07. The molecule has 0 aliphatic carbocycles. The van der Waals surface area contributed by atoms with E-state index in [0.29, 0.717) is 18.1 Å². The molecule has 2 rings (SSSR count). The van der Waals surface area contributed by atoms with Crippen LogP contribution >= 0.6 is 24.0 Å². The summed E-state index contributed by atoms with van der Waals surface area (Å²) in [6.07, 6.45) is 0.829. The summed E-state index contributed by atoms with van der Waals surface area (Å²) in [5, 5.41) is 0.379. The van der Waals surface area contributed by atoms with Gasteiger partial charge >= 0.3 is 0 Å². The molecular formula is C16H25Cl2N3O3S. The number of benzene rings is 1. The molecule has 2 N–H and O–H groups in total. The van der Waals surface area contributed by atoms with Crippen LogP contribution in [0.15, 0.2) is 29.2 Å². The van der Waals surface area contributed by atoms with Crippen molar-refractivity contribution in [3.8, 4) is 0 Å². The van der Waals surface area contributed by atoms with Crippen LogP contribution < -0.4 is 5.73 Å². The number of amides is 1. The number of carbonyl (C=O) groups excluding carboxylic acids is 1. The summed E-state index contributed by atoms with van der Waals surface area (Å²) >= 11 is 5.88. The van der Waals surface area contributed by atoms with Crippen LogP contribution in [0.5, 0.6) is 0 Å². The van der Waals surface area contributed by atoms with E-state index in [-0.39, 0.29) is 42.2 Å². The highest BCUT2D eigenvalue weighted by molar-refractivity contribution is 7.89. The molecule has 142 valence electrons. The van der Waals surface area contributed by atoms with E-state index in [0.717, 1.165) is 6.42 Å². The molecule has 0 radical (unpaired) electrons. The lowest BCUT2D eigenvalue weighted by molar-refractivity contribution is -0.134. The maximum atomic E-state index is 12.6. The second-order valence-corrected chi connectivity index (χ2v) is 8.47. The van der Waals surface area contributed by atoms with E-state index in [4.69, 9.17) is 17.3 Å². The van der Waals surface area contributed by atoms with E-state index in [1.165, 1.54) is 16.4 Å². The van der Waals surface area contributed by atoms with Crippen LogP contribution in [0.3, 0.4) is 0 Å². The van der Waals surface area contributed by atoms with Crippen molar-refractivity contribution in [3.05, 3.63) is 29.3 Å². The highest BCUT2D eigenvalue weighted by atomic mass is 35.5. The molecule has 6 nitrogen and oxygen atoms in total. The van der Waals surface area contributed by atoms with E-state index >= 15 is 0 Å². The van der Waals surface area contributed by atoms with Crippen LogP contribution in [0, 0.1) is 5.92 Å². The maximum absolute atomic E-state index is 12.6. The predicted octanol–water partition coefficient (Wildman–Crippen LogP) is 1.97. The fourth-order valence-electron chi connectivity index (χ4n) is 2.63. The molecule has 1 aromatic rings. The summed E-state index contributed by atoms with van der Waals surface area (Å²) in [6.45, 7) is 5.16. The Kier molecular flexibility index (Phi) is 8.15. The number of halogens is 2. The van der Waals surface area contributed by atoms with E-state index in [1.807, 2.05) is 13.8 Å². The molecule has 2 unspecified atom stereocenters. The predicted molar refractivity (Wildman–Crippen MR) is 101 cm³/mol. The molecule has 1 amide bonds. The number of hydrogen-bond acceptors (Lipinski definition) is 4. The molecule has 1 saturated heterocycles. The topological polar surface area (TPSA) is 83.7 Å². The third-order valence-corrected chi connectivity index (χ3v) is 6.66. The van der Waals surface area contributed by atoms with Crippen molar-refractivity contribution in [3.63, 3.8) is 0 Å². The number of nitrogens with two attached hydrogens (primary N) is 1. The Balaban J connectivity index is 0.00000312. The number of hydrogen-bond donors (Lipinski definition) is 1. The van der Waals surface area contributed by atoms with Gasteiger partial charge in [0.15, 0.2) is 0 Å². The molecule has 25 heavy (non-hydrogen) atoms. The van der Waals surface area contributed by atoms with Gasteiger partial charge in [-0.15, -0.1) is 12.4 Å². The highest BCUT2D eigenvalue weighted by Gasteiger charge is 2.32. The second kappa shape index (κ2) is 9.19. The van der Waals surface area contributed by atoms with Crippen molar-refractivity contribution < 1.29 is 13.2 Å². The van der Waals surface area contributed by atoms with Crippen LogP contribution in [0.4, 0.5) is 0 Å². The van der Waals surface area contributed by atoms with Gasteiger partial charge in [-0.1, -0.05) is 37.9 Å². The standard InChI is InChI=1S/C16H24ClN3O3S.ClH/c1-3-12(2)15(18)16(21)19-7-9-20(10-8-19)24(22,23)14-6-4-5-13(17)11-14;/h4-6,11-12,15H,3,7-10,18H2,1-2H3;1H. The van der Waals surface area contributed by atoms with Gasteiger partial charge in [-0.25, -0.2) is 8.42 Å². The van der Waals surface area contributed by atoms with Crippen molar-refractivity contribution in [1.29, 1.82) is 0 Å². The molecule has 1 heterocycles. The van der Waals surface area contributed by atoms with Crippen molar-refractivity contribution in [2.75, 3.05) is 26.2 Å². The summed E-state index contributed by atoms with van der Waals surface area (Å²) in [5.41, 5.74) is 5.99. The Labute approximate surface area is 160 Å². The van der Waals surface area contributed by atoms with Crippen LogP contribution in [-0.2, 0) is 14.8 Å². The van der Waals surface area contributed by atoms with Gasteiger partial charge in [0, 0.05) is 31.2 Å². The fraction of sp³-hybridized carbons (Fsp3) is 0.562. The Morgan fingerprint density at radius 2 is 1.88 bits per heavy atom. The molecule has 0 bridgehead atoms. The monoisotopic (exact) mass is 409 g/mol. The lowest BCUT2D eigenvalue weighted by atomic mass is 9.99. The zero-order valence-corrected chi connectivity index (χ0v) is 16.8. The molecule has 1 aliphatic heterocycles. The smallest absolute Gasteiger partial charge is 0.243 e. The molecular weight excluding hydrogens is 385 g/mol. The average Bonchev–Trinajstić information content (AvgIpc) is 2.59. The van der Waals surface area contributed by atoms with Gasteiger partial charge < -0.3 is 10.6 Å². The quantitative estimate of drug-likeness (QED) is 0.805. The van der Waals surface area contributed by atoms with Crippen LogP contribution in [-0.4, -0.2) is 55.8 Å². The largest absolute Gasteiger partial charge is 0.339 e. The maximum Gasteiger partial charge on any atom is 0.243 e. The summed E-state index contributed by atoms with van der Waals surface area (Å²) in [4.78, 5) is 14.2. The Morgan fingerprint density at radius 3 is 2.40 bits per heavy atom. The van der Waals surface area contributed by atoms with Crippen molar-refractivity contribution >= 4 is 39.9 Å². The molecule has 9 heteroatoms. The first-order chi connectivity index (χ1) is 11.3. The molecule has 0 aromatic heterocycles. The van der Waals surface area contributed by atoms with Gasteiger partial charge in [-0.05, 0) is 24.1 Å². The van der Waals surface area contributed by atoms with Gasteiger partial charge in [0.1, 0.15) is 0 Å². The highest BCUT2D eigenvalue weighted by Crippen LogP contribution is 2.21. The van der Waals surface area contributed by atoms with E-state index < -0.39 is 16.1 Å². The van der Waals surface area contributed by atoms with Crippen LogP contribution in [0.1, 0.15) is 20.3 Å². The third-order valence-electron chi connectivity index (χ3n) is 4.53. The van der Waals surface area contributed by atoms with Crippen molar-refractivity contribution in [1.82, 2.24) is 9.21 Å². The van der Waals surface area contributed by atoms with Crippen molar-refractivity contribution in [2.45, 2.75) is 31.2 Å². The minimum absolute atomic E-state index is 0. The number of rotatable bonds is 5. The van der Waals surface area contributed by atoms with E-state index in [1.54, 1.807) is 17.0 Å². The van der Waals surface area contributed by atoms with E-state index in [2.05, 4.69) is 0 Å². The first kappa shape index (κ1) is 22.2. The zero-order chi connectivity index (χ0) is 17.9. The molecule has 2 atom stereocenters. The Bertz CT molecular complexity index is 692.